The lowest BCUT2D eigenvalue weighted by Gasteiger charge is -2.27. The highest BCUT2D eigenvalue weighted by Gasteiger charge is 2.24. The molecule has 0 aliphatic heterocycles. The third-order valence-corrected chi connectivity index (χ3v) is 3.29. The first kappa shape index (κ1) is 15.4. The largest absolute Gasteiger partial charge is 0.365 e. The second kappa shape index (κ2) is 7.10. The molecule has 1 amide bonds. The van der Waals surface area contributed by atoms with Crippen molar-refractivity contribution in [1.82, 2.24) is 5.32 Å². The van der Waals surface area contributed by atoms with E-state index in [4.69, 9.17) is 10.5 Å². The van der Waals surface area contributed by atoms with Gasteiger partial charge in [-0.2, -0.15) is 0 Å². The van der Waals surface area contributed by atoms with E-state index < -0.39 is 0 Å². The van der Waals surface area contributed by atoms with Gasteiger partial charge in [0.1, 0.15) is 6.10 Å². The first-order chi connectivity index (χ1) is 8.42. The van der Waals surface area contributed by atoms with Crippen molar-refractivity contribution in [3.8, 4) is 0 Å². The van der Waals surface area contributed by atoms with Crippen LogP contribution in [-0.2, 0) is 9.53 Å². The van der Waals surface area contributed by atoms with E-state index in [1.54, 1.807) is 0 Å². The maximum absolute atomic E-state index is 12.0. The van der Waals surface area contributed by atoms with Crippen LogP contribution in [0.1, 0.15) is 59.3 Å². The summed E-state index contributed by atoms with van der Waals surface area (Å²) in [6.07, 6.45) is 6.57. The van der Waals surface area contributed by atoms with Gasteiger partial charge in [0.15, 0.2) is 0 Å². The molecule has 0 radical (unpaired) electrons. The zero-order chi connectivity index (χ0) is 13.6. The molecule has 18 heavy (non-hydrogen) atoms. The van der Waals surface area contributed by atoms with Crippen molar-refractivity contribution in [2.24, 2.45) is 5.73 Å². The second-order valence-electron chi connectivity index (χ2n) is 6.00. The third-order valence-electron chi connectivity index (χ3n) is 3.29. The van der Waals surface area contributed by atoms with Crippen LogP contribution in [0.25, 0.3) is 0 Å². The molecule has 0 aromatic rings. The fourth-order valence-electron chi connectivity index (χ4n) is 2.21. The Morgan fingerprint density at radius 3 is 2.50 bits per heavy atom. The molecule has 0 heterocycles. The highest BCUT2D eigenvalue weighted by molar-refractivity contribution is 5.80. The Bertz CT molecular complexity index is 255. The summed E-state index contributed by atoms with van der Waals surface area (Å²) in [6.45, 7) is 6.27. The summed E-state index contributed by atoms with van der Waals surface area (Å²) in [4.78, 5) is 12.0. The molecule has 1 aliphatic carbocycles. The standard InChI is InChI=1S/C14H28N2O2/c1-4-12(13(17)16-10-14(2,3)15)18-11-8-6-5-7-9-11/h11-12H,4-10,15H2,1-3H3,(H,16,17). The summed E-state index contributed by atoms with van der Waals surface area (Å²) in [5.41, 5.74) is 5.48. The van der Waals surface area contributed by atoms with Crippen molar-refractivity contribution >= 4 is 5.91 Å². The number of ether oxygens (including phenoxy) is 1. The second-order valence-corrected chi connectivity index (χ2v) is 6.00. The van der Waals surface area contributed by atoms with Gasteiger partial charge in [-0.1, -0.05) is 26.2 Å². The lowest BCUT2D eigenvalue weighted by Crippen LogP contribution is -2.48. The number of nitrogens with one attached hydrogen (secondary N) is 1. The first-order valence-corrected chi connectivity index (χ1v) is 7.14. The Hall–Kier alpha value is -0.610. The molecule has 0 bridgehead atoms. The van der Waals surface area contributed by atoms with Gasteiger partial charge in [-0.05, 0) is 33.1 Å². The number of hydrogen-bond acceptors (Lipinski definition) is 3. The maximum Gasteiger partial charge on any atom is 0.249 e. The minimum Gasteiger partial charge on any atom is -0.365 e. The van der Waals surface area contributed by atoms with E-state index >= 15 is 0 Å². The molecule has 3 N–H and O–H groups in total. The summed E-state index contributed by atoms with van der Waals surface area (Å²) >= 11 is 0. The van der Waals surface area contributed by atoms with Gasteiger partial charge in [0.05, 0.1) is 6.10 Å². The van der Waals surface area contributed by atoms with E-state index in [0.717, 1.165) is 12.8 Å². The molecule has 4 nitrogen and oxygen atoms in total. The SMILES string of the molecule is CCC(OC1CCCCC1)C(=O)NCC(C)(C)N. The minimum atomic E-state index is -0.376. The molecule has 1 saturated carbocycles. The molecule has 0 spiro atoms. The number of hydrogen-bond donors (Lipinski definition) is 2. The van der Waals surface area contributed by atoms with Crippen LogP contribution in [0.15, 0.2) is 0 Å². The monoisotopic (exact) mass is 256 g/mol. The number of amides is 1. The molecule has 0 aromatic heterocycles. The Kier molecular flexibility index (Phi) is 6.09. The van der Waals surface area contributed by atoms with Gasteiger partial charge in [-0.25, -0.2) is 0 Å². The van der Waals surface area contributed by atoms with Crippen LogP contribution in [0.3, 0.4) is 0 Å². The van der Waals surface area contributed by atoms with Crippen molar-refractivity contribution in [2.75, 3.05) is 6.54 Å². The summed E-state index contributed by atoms with van der Waals surface area (Å²) in [5, 5.41) is 2.87. The smallest absolute Gasteiger partial charge is 0.249 e. The molecule has 106 valence electrons. The van der Waals surface area contributed by atoms with Crippen LogP contribution in [0, 0.1) is 0 Å². The summed E-state index contributed by atoms with van der Waals surface area (Å²) in [5.74, 6) is -0.0263. The van der Waals surface area contributed by atoms with E-state index in [2.05, 4.69) is 5.32 Å². The molecule has 4 heteroatoms. The van der Waals surface area contributed by atoms with Gasteiger partial charge in [-0.15, -0.1) is 0 Å². The first-order valence-electron chi connectivity index (χ1n) is 7.14. The normalized spacial score (nSPS) is 19.6. The van der Waals surface area contributed by atoms with E-state index in [-0.39, 0.29) is 23.7 Å². The van der Waals surface area contributed by atoms with Crippen molar-refractivity contribution in [3.63, 3.8) is 0 Å². The van der Waals surface area contributed by atoms with Gasteiger partial charge < -0.3 is 15.8 Å². The number of carbonyl (C=O) groups excluding carboxylic acids is 1. The van der Waals surface area contributed by atoms with Crippen LogP contribution in [0.2, 0.25) is 0 Å². The predicted octanol–water partition coefficient (Wildman–Crippen LogP) is 1.97. The quantitative estimate of drug-likeness (QED) is 0.763. The van der Waals surface area contributed by atoms with Crippen LogP contribution < -0.4 is 11.1 Å². The van der Waals surface area contributed by atoms with E-state index in [0.29, 0.717) is 13.0 Å². The van der Waals surface area contributed by atoms with Gasteiger partial charge >= 0.3 is 0 Å². The molecular weight excluding hydrogens is 228 g/mol. The van der Waals surface area contributed by atoms with E-state index in [1.165, 1.54) is 19.3 Å². The lowest BCUT2D eigenvalue weighted by atomic mass is 9.97. The van der Waals surface area contributed by atoms with Crippen molar-refractivity contribution in [1.29, 1.82) is 0 Å². The Morgan fingerprint density at radius 1 is 1.39 bits per heavy atom. The zero-order valence-corrected chi connectivity index (χ0v) is 12.0. The summed E-state index contributed by atoms with van der Waals surface area (Å²) in [7, 11) is 0. The highest BCUT2D eigenvalue weighted by Crippen LogP contribution is 2.22. The Balaban J connectivity index is 2.36. The van der Waals surface area contributed by atoms with Crippen LogP contribution in [0.4, 0.5) is 0 Å². The fraction of sp³-hybridized carbons (Fsp3) is 0.929. The average Bonchev–Trinajstić information content (AvgIpc) is 2.33. The molecular formula is C14H28N2O2. The highest BCUT2D eigenvalue weighted by atomic mass is 16.5. The van der Waals surface area contributed by atoms with Gasteiger partial charge in [-0.3, -0.25) is 4.79 Å². The minimum absolute atomic E-state index is 0.0263. The summed E-state index contributed by atoms with van der Waals surface area (Å²) < 4.78 is 5.91. The molecule has 1 atom stereocenters. The molecule has 1 unspecified atom stereocenters. The van der Waals surface area contributed by atoms with Crippen LogP contribution >= 0.6 is 0 Å². The predicted molar refractivity (Wildman–Crippen MR) is 73.3 cm³/mol. The maximum atomic E-state index is 12.0. The van der Waals surface area contributed by atoms with Crippen molar-refractivity contribution in [3.05, 3.63) is 0 Å². The zero-order valence-electron chi connectivity index (χ0n) is 12.0. The van der Waals surface area contributed by atoms with Crippen LogP contribution in [0.5, 0.6) is 0 Å². The Morgan fingerprint density at radius 2 is 2.00 bits per heavy atom. The van der Waals surface area contributed by atoms with Gasteiger partial charge in [0.2, 0.25) is 5.91 Å². The van der Waals surface area contributed by atoms with Crippen molar-refractivity contribution in [2.45, 2.75) is 77.0 Å². The third kappa shape index (κ3) is 5.83. The van der Waals surface area contributed by atoms with Gasteiger partial charge in [0.25, 0.3) is 0 Å². The molecule has 0 saturated heterocycles. The Labute approximate surface area is 111 Å². The molecule has 1 rings (SSSR count). The fourth-order valence-corrected chi connectivity index (χ4v) is 2.21. The molecule has 0 aromatic carbocycles. The topological polar surface area (TPSA) is 64.3 Å². The van der Waals surface area contributed by atoms with Gasteiger partial charge in [0, 0.05) is 12.1 Å². The van der Waals surface area contributed by atoms with Crippen molar-refractivity contribution < 1.29 is 9.53 Å². The lowest BCUT2D eigenvalue weighted by molar-refractivity contribution is -0.138. The van der Waals surface area contributed by atoms with E-state index in [1.807, 2.05) is 20.8 Å². The molecule has 1 aliphatic rings. The number of carbonyl (C=O) groups is 1. The van der Waals surface area contributed by atoms with E-state index in [9.17, 15) is 4.79 Å². The summed E-state index contributed by atoms with van der Waals surface area (Å²) in [6, 6.07) is 0. The molecule has 1 fully saturated rings. The average molecular weight is 256 g/mol. The van der Waals surface area contributed by atoms with Crippen LogP contribution in [-0.4, -0.2) is 30.2 Å². The number of rotatable bonds is 6. The number of nitrogens with two attached hydrogens (primary N) is 1.